The number of hydrogen-bond donors (Lipinski definition) is 6. The van der Waals surface area contributed by atoms with Crippen LogP contribution in [0, 0.1) is 34.3 Å². The molecule has 6 N–H and O–H groups in total. The van der Waals surface area contributed by atoms with Gasteiger partial charge >= 0.3 is 31.1 Å². The minimum absolute atomic E-state index is 0.186. The van der Waals surface area contributed by atoms with Gasteiger partial charge in [0.15, 0.2) is 0 Å². The largest absolute Gasteiger partial charge is 0.465 e. The summed E-state index contributed by atoms with van der Waals surface area (Å²) < 4.78 is 155. The molecule has 2 aliphatic rings. The molecule has 28 heteroatoms. The number of carbonyl (C=O) groups is 4. The Morgan fingerprint density at radius 2 is 1.40 bits per heavy atom. The molecule has 0 spiro atoms. The molecule has 0 saturated carbocycles. The standard InChI is InChI=1S/C50H56F10N10O8/c1-47(2,49(55,56)57)40(64-46(76)77-5)42(72)62-37(20-29-9-6-28(7-10-29)8-11-30-12-13-39(61-23-30)68-18-16-67(17-19-68)32-26-78-27-32)38(71)25-69(66-43(73)41(63-45(74)75)48(3,4)50(58,59)60)24-33-34(51)21-31(22-35(33)52)36-14-15-70(65-36)44(53)54/h6-7,9-10,12-15,21-23,32,37-38,40-41,44,63,71H,16-20,24-27H2,1-5H3,(H,62,72)(H,64,76)(H,66,73)(H,74,75). The Hall–Kier alpha value is -7.22. The molecule has 4 atom stereocenters. The number of aliphatic hydroxyl groups excluding tert-OH is 1. The first-order valence-electron chi connectivity index (χ1n) is 24.0. The van der Waals surface area contributed by atoms with Gasteiger partial charge in [0.05, 0.1) is 55.0 Å². The zero-order valence-corrected chi connectivity index (χ0v) is 42.5. The fraction of sp³-hybridized carbons (Fsp3) is 0.480. The fourth-order valence-electron chi connectivity index (χ4n) is 8.26. The first-order valence-corrected chi connectivity index (χ1v) is 24.0. The van der Waals surface area contributed by atoms with Crippen LogP contribution in [0.2, 0.25) is 0 Å². The number of ether oxygens (including phenoxy) is 2. The number of carboxylic acid groups (broad SMARTS) is 1. The van der Waals surface area contributed by atoms with E-state index in [1.807, 2.05) is 16.8 Å². The number of alkyl carbamates (subject to hydrolysis) is 1. The highest BCUT2D eigenvalue weighted by molar-refractivity contribution is 5.87. The molecule has 4 amide bonds. The van der Waals surface area contributed by atoms with Gasteiger partial charge in [0.25, 0.3) is 5.91 Å². The number of rotatable bonds is 19. The van der Waals surface area contributed by atoms with Gasteiger partial charge in [-0.3, -0.25) is 19.9 Å². The number of methoxy groups -OCH3 is 1. The van der Waals surface area contributed by atoms with Crippen LogP contribution in [0.4, 0.5) is 59.3 Å². The number of pyridine rings is 1. The van der Waals surface area contributed by atoms with Crippen molar-refractivity contribution in [2.45, 2.75) is 89.8 Å². The Bertz CT molecular complexity index is 2790. The van der Waals surface area contributed by atoms with E-state index in [0.717, 1.165) is 64.6 Å². The average Bonchev–Trinajstić information content (AvgIpc) is 3.86. The number of hydrazine groups is 1. The number of aliphatic hydroxyl groups is 1. The summed E-state index contributed by atoms with van der Waals surface area (Å²) in [7, 11) is 0.809. The number of amides is 4. The maximum absolute atomic E-state index is 16.0. The van der Waals surface area contributed by atoms with E-state index in [9.17, 15) is 64.5 Å². The van der Waals surface area contributed by atoms with Crippen molar-refractivity contribution in [3.05, 3.63) is 101 Å². The maximum Gasteiger partial charge on any atom is 0.407 e. The molecule has 2 aliphatic heterocycles. The lowest BCUT2D eigenvalue weighted by Crippen LogP contribution is -2.63. The molecule has 2 saturated heterocycles. The predicted molar refractivity (Wildman–Crippen MR) is 258 cm³/mol. The summed E-state index contributed by atoms with van der Waals surface area (Å²) in [6, 6.07) is 5.38. The first-order chi connectivity index (χ1) is 36.5. The van der Waals surface area contributed by atoms with E-state index in [2.05, 4.69) is 41.8 Å². The molecule has 424 valence electrons. The zero-order valence-electron chi connectivity index (χ0n) is 42.5. The third-order valence-electron chi connectivity index (χ3n) is 13.5. The number of carbonyl (C=O) groups excluding carboxylic acids is 3. The SMILES string of the molecule is COC(=O)NC(C(=O)NC(Cc1ccc(C#Cc2ccc(N3CCN(C4COC4)CC3)nc2)cc1)C(O)CN(Cc1c(F)cc(-c2ccn(C(F)F)n2)cc1F)NC(=O)C(NC(=O)O)C(C)(C)C(F)(F)F)C(C)(C)C(F)(F)F. The summed E-state index contributed by atoms with van der Waals surface area (Å²) in [5.74, 6) is 0.513. The predicted octanol–water partition coefficient (Wildman–Crippen LogP) is 6.00. The van der Waals surface area contributed by atoms with E-state index in [1.54, 1.807) is 12.3 Å². The molecular weight excluding hydrogens is 1060 g/mol. The summed E-state index contributed by atoms with van der Waals surface area (Å²) >= 11 is 0. The number of alkyl halides is 8. The van der Waals surface area contributed by atoms with Gasteiger partial charge in [-0.15, -0.1) is 0 Å². The number of anilines is 1. The molecule has 4 unspecified atom stereocenters. The van der Waals surface area contributed by atoms with Crippen LogP contribution < -0.4 is 26.3 Å². The minimum Gasteiger partial charge on any atom is -0.465 e. The summed E-state index contributed by atoms with van der Waals surface area (Å²) in [6.07, 6.45) is -14.3. The van der Waals surface area contributed by atoms with E-state index in [1.165, 1.54) is 29.6 Å². The minimum atomic E-state index is -5.28. The molecule has 0 radical (unpaired) electrons. The van der Waals surface area contributed by atoms with Crippen LogP contribution in [0.5, 0.6) is 0 Å². The number of piperazine rings is 1. The topological polar surface area (TPSA) is 216 Å². The third kappa shape index (κ3) is 14.7. The second-order valence-corrected chi connectivity index (χ2v) is 19.6. The van der Waals surface area contributed by atoms with Gasteiger partial charge in [-0.25, -0.2) is 33.0 Å². The highest BCUT2D eigenvalue weighted by atomic mass is 19.4. The molecule has 4 heterocycles. The Balaban J connectivity index is 1.31. The van der Waals surface area contributed by atoms with E-state index >= 15 is 8.78 Å². The molecule has 2 aromatic carbocycles. The number of benzene rings is 2. The van der Waals surface area contributed by atoms with Gasteiger partial charge in [0, 0.05) is 73.9 Å². The summed E-state index contributed by atoms with van der Waals surface area (Å²) in [5, 5.41) is 31.0. The van der Waals surface area contributed by atoms with Crippen LogP contribution in [-0.4, -0.2) is 155 Å². The molecule has 2 fully saturated rings. The Labute approximate surface area is 440 Å². The number of nitrogens with one attached hydrogen (secondary N) is 4. The molecule has 18 nitrogen and oxygen atoms in total. The highest BCUT2D eigenvalue weighted by Gasteiger charge is 2.57. The lowest BCUT2D eigenvalue weighted by Gasteiger charge is -2.42. The maximum atomic E-state index is 16.0. The number of halogens is 10. The molecule has 6 rings (SSSR count). The molecular formula is C50H56F10N10O8. The second-order valence-electron chi connectivity index (χ2n) is 19.6. The molecule has 0 aliphatic carbocycles. The summed E-state index contributed by atoms with van der Waals surface area (Å²) in [5.41, 5.74) is -4.70. The van der Waals surface area contributed by atoms with Crippen LogP contribution in [0.1, 0.15) is 56.5 Å². The Morgan fingerprint density at radius 1 is 0.821 bits per heavy atom. The van der Waals surface area contributed by atoms with Crippen molar-refractivity contribution in [3.8, 4) is 23.1 Å². The van der Waals surface area contributed by atoms with Crippen molar-refractivity contribution >= 4 is 29.8 Å². The van der Waals surface area contributed by atoms with Crippen molar-refractivity contribution in [1.29, 1.82) is 0 Å². The van der Waals surface area contributed by atoms with E-state index in [4.69, 9.17) is 4.74 Å². The third-order valence-corrected chi connectivity index (χ3v) is 13.5. The molecule has 4 aromatic rings. The van der Waals surface area contributed by atoms with Crippen LogP contribution in [-0.2, 0) is 32.0 Å². The summed E-state index contributed by atoms with van der Waals surface area (Å²) in [6.45, 7) is 1.37. The van der Waals surface area contributed by atoms with E-state index < -0.39 is 115 Å². The molecule has 78 heavy (non-hydrogen) atoms. The van der Waals surface area contributed by atoms with Gasteiger partial charge in [0.1, 0.15) is 29.5 Å². The zero-order chi connectivity index (χ0) is 57.5. The van der Waals surface area contributed by atoms with Crippen molar-refractivity contribution < 1.29 is 82.8 Å². The monoisotopic (exact) mass is 1110 g/mol. The lowest BCUT2D eigenvalue weighted by atomic mass is 9.82. The Kier molecular flexibility index (Phi) is 18.9. The van der Waals surface area contributed by atoms with Crippen LogP contribution in [0.3, 0.4) is 0 Å². The van der Waals surface area contributed by atoms with Gasteiger partial charge in [-0.1, -0.05) is 24.0 Å². The summed E-state index contributed by atoms with van der Waals surface area (Å²) in [4.78, 5) is 61.1. The highest BCUT2D eigenvalue weighted by Crippen LogP contribution is 2.42. The van der Waals surface area contributed by atoms with Gasteiger partial charge < -0.3 is 40.5 Å². The van der Waals surface area contributed by atoms with E-state index in [-0.39, 0.29) is 21.5 Å². The van der Waals surface area contributed by atoms with Crippen LogP contribution in [0.25, 0.3) is 11.3 Å². The van der Waals surface area contributed by atoms with Crippen molar-refractivity contribution in [3.63, 3.8) is 0 Å². The second kappa shape index (κ2) is 24.6. The van der Waals surface area contributed by atoms with Crippen molar-refractivity contribution in [1.82, 2.24) is 46.0 Å². The van der Waals surface area contributed by atoms with Crippen LogP contribution >= 0.6 is 0 Å². The lowest BCUT2D eigenvalue weighted by molar-refractivity contribution is -0.221. The smallest absolute Gasteiger partial charge is 0.407 e. The normalized spacial score (nSPS) is 16.3. The van der Waals surface area contributed by atoms with Gasteiger partial charge in [0.2, 0.25) is 5.91 Å². The molecule has 2 aromatic heterocycles. The average molecular weight is 1120 g/mol. The van der Waals surface area contributed by atoms with Crippen molar-refractivity contribution in [2.75, 3.05) is 57.9 Å². The fourth-order valence-corrected chi connectivity index (χ4v) is 8.26. The number of hydrogen-bond acceptors (Lipinski definition) is 12. The quantitative estimate of drug-likeness (QED) is 0.0362. The van der Waals surface area contributed by atoms with E-state index in [0.29, 0.717) is 62.0 Å². The number of aromatic nitrogens is 3. The molecule has 0 bridgehead atoms. The first kappa shape index (κ1) is 60.0. The van der Waals surface area contributed by atoms with Crippen molar-refractivity contribution in [2.24, 2.45) is 10.8 Å². The van der Waals surface area contributed by atoms with Crippen LogP contribution in [0.15, 0.2) is 67.0 Å². The van der Waals surface area contributed by atoms with Gasteiger partial charge in [-0.2, -0.15) is 40.2 Å². The van der Waals surface area contributed by atoms with Gasteiger partial charge in [-0.05, 0) is 82.1 Å². The Morgan fingerprint density at radius 3 is 1.90 bits per heavy atom. The number of nitrogens with zero attached hydrogens (tertiary/aromatic N) is 6.